The van der Waals surface area contributed by atoms with Gasteiger partial charge in [-0.15, -0.1) is 0 Å². The summed E-state index contributed by atoms with van der Waals surface area (Å²) >= 11 is 0. The number of nitrogens with two attached hydrogens (primary N) is 1. The van der Waals surface area contributed by atoms with Crippen molar-refractivity contribution in [3.05, 3.63) is 29.8 Å². The van der Waals surface area contributed by atoms with Crippen molar-refractivity contribution in [2.45, 2.75) is 25.8 Å². The highest BCUT2D eigenvalue weighted by molar-refractivity contribution is 5.93. The predicted molar refractivity (Wildman–Crippen MR) is 72.1 cm³/mol. The van der Waals surface area contributed by atoms with Gasteiger partial charge in [0.05, 0.1) is 0 Å². The molecule has 1 amide bonds. The summed E-state index contributed by atoms with van der Waals surface area (Å²) in [6, 6.07) is 6.28. The van der Waals surface area contributed by atoms with Gasteiger partial charge in [-0.2, -0.15) is 0 Å². The number of amides is 1. The number of carboxylic acid groups (broad SMARTS) is 1. The topological polar surface area (TPSA) is 83.6 Å². The fraction of sp³-hybridized carbons (Fsp3) is 0.429. The van der Waals surface area contributed by atoms with Crippen LogP contribution in [0.2, 0.25) is 0 Å². The van der Waals surface area contributed by atoms with Gasteiger partial charge < -0.3 is 15.7 Å². The number of anilines is 1. The third-order valence-electron chi connectivity index (χ3n) is 3.63. The van der Waals surface area contributed by atoms with Crippen LogP contribution in [0.4, 0.5) is 5.69 Å². The van der Waals surface area contributed by atoms with Crippen molar-refractivity contribution in [3.8, 4) is 0 Å². The zero-order chi connectivity index (χ0) is 14.0. The van der Waals surface area contributed by atoms with Gasteiger partial charge in [-0.25, -0.2) is 4.79 Å². The number of carbonyl (C=O) groups excluding carboxylic acids is 1. The molecule has 1 aromatic carbocycles. The summed E-state index contributed by atoms with van der Waals surface area (Å²) in [6.45, 7) is 2.79. The Morgan fingerprint density at radius 3 is 2.47 bits per heavy atom. The van der Waals surface area contributed by atoms with E-state index in [4.69, 9.17) is 5.73 Å². The first kappa shape index (κ1) is 13.4. The van der Waals surface area contributed by atoms with Crippen molar-refractivity contribution in [1.29, 1.82) is 0 Å². The molecule has 102 valence electrons. The lowest BCUT2D eigenvalue weighted by atomic mass is 9.92. The van der Waals surface area contributed by atoms with Gasteiger partial charge in [-0.1, -0.05) is 6.92 Å². The molecule has 0 aromatic heterocycles. The smallest absolute Gasteiger partial charge is 0.326 e. The number of aliphatic carboxylic acids is 1. The lowest BCUT2D eigenvalue weighted by Crippen LogP contribution is -2.47. The number of nitrogens with zero attached hydrogens (tertiary/aromatic N) is 1. The van der Waals surface area contributed by atoms with E-state index < -0.39 is 17.9 Å². The second kappa shape index (κ2) is 5.30. The number of hydrogen-bond acceptors (Lipinski definition) is 3. The van der Waals surface area contributed by atoms with Crippen LogP contribution in [0.3, 0.4) is 0 Å². The summed E-state index contributed by atoms with van der Waals surface area (Å²) in [6.07, 6.45) is 1.62. The van der Waals surface area contributed by atoms with Crippen molar-refractivity contribution < 1.29 is 14.7 Å². The number of carboxylic acids is 1. The average Bonchev–Trinajstić information content (AvgIpc) is 2.38. The molecule has 1 aliphatic heterocycles. The third kappa shape index (κ3) is 2.86. The third-order valence-corrected chi connectivity index (χ3v) is 3.63. The van der Waals surface area contributed by atoms with Crippen LogP contribution < -0.4 is 10.6 Å². The second-order valence-electron chi connectivity index (χ2n) is 5.09. The number of rotatable bonds is 3. The molecule has 3 N–H and O–H groups in total. The molecule has 0 saturated carbocycles. The quantitative estimate of drug-likeness (QED) is 0.864. The molecule has 2 rings (SSSR count). The van der Waals surface area contributed by atoms with Gasteiger partial charge in [0.15, 0.2) is 0 Å². The fourth-order valence-electron chi connectivity index (χ4n) is 2.50. The van der Waals surface area contributed by atoms with E-state index >= 15 is 0 Å². The fourth-order valence-corrected chi connectivity index (χ4v) is 2.50. The minimum Gasteiger partial charge on any atom is -0.480 e. The van der Waals surface area contributed by atoms with Crippen molar-refractivity contribution in [3.63, 3.8) is 0 Å². The van der Waals surface area contributed by atoms with Crippen LogP contribution in [0.15, 0.2) is 24.3 Å². The van der Waals surface area contributed by atoms with Crippen LogP contribution in [0.25, 0.3) is 0 Å². The van der Waals surface area contributed by atoms with Gasteiger partial charge in [0, 0.05) is 17.8 Å². The van der Waals surface area contributed by atoms with Crippen LogP contribution in [0.5, 0.6) is 0 Å². The molecule has 1 saturated heterocycles. The molecule has 2 atom stereocenters. The standard InChI is InChI=1S/C14H18N2O3/c1-9-6-7-16(12(8-9)14(18)19)11-4-2-10(3-5-11)13(15)17/h2-5,9,12H,6-8H2,1H3,(H2,15,17)(H,18,19). The van der Waals surface area contributed by atoms with E-state index in [9.17, 15) is 14.7 Å². The molecule has 5 heteroatoms. The lowest BCUT2D eigenvalue weighted by Gasteiger charge is -2.37. The van der Waals surface area contributed by atoms with E-state index in [1.165, 1.54) is 0 Å². The van der Waals surface area contributed by atoms with E-state index in [0.29, 0.717) is 24.4 Å². The largest absolute Gasteiger partial charge is 0.480 e. The van der Waals surface area contributed by atoms with Crippen molar-refractivity contribution in [1.82, 2.24) is 0 Å². The van der Waals surface area contributed by atoms with Gasteiger partial charge in [0.25, 0.3) is 0 Å². The Morgan fingerprint density at radius 2 is 1.95 bits per heavy atom. The molecule has 5 nitrogen and oxygen atoms in total. The highest BCUT2D eigenvalue weighted by Crippen LogP contribution is 2.28. The molecule has 2 unspecified atom stereocenters. The molecule has 1 heterocycles. The second-order valence-corrected chi connectivity index (χ2v) is 5.09. The van der Waals surface area contributed by atoms with Crippen molar-refractivity contribution in [2.75, 3.05) is 11.4 Å². The summed E-state index contributed by atoms with van der Waals surface area (Å²) in [7, 11) is 0. The minimum atomic E-state index is -0.800. The highest BCUT2D eigenvalue weighted by atomic mass is 16.4. The molecular formula is C14H18N2O3. The summed E-state index contributed by atoms with van der Waals surface area (Å²) in [4.78, 5) is 24.2. The maximum atomic E-state index is 11.3. The monoisotopic (exact) mass is 262 g/mol. The first-order valence-electron chi connectivity index (χ1n) is 6.38. The van der Waals surface area contributed by atoms with Crippen LogP contribution >= 0.6 is 0 Å². The molecule has 0 spiro atoms. The lowest BCUT2D eigenvalue weighted by molar-refractivity contribution is -0.139. The zero-order valence-electron chi connectivity index (χ0n) is 10.9. The van der Waals surface area contributed by atoms with Crippen LogP contribution in [0, 0.1) is 5.92 Å². The minimum absolute atomic E-state index is 0.419. The van der Waals surface area contributed by atoms with Gasteiger partial charge >= 0.3 is 5.97 Å². The van der Waals surface area contributed by atoms with Crippen LogP contribution in [-0.2, 0) is 4.79 Å². The van der Waals surface area contributed by atoms with E-state index in [0.717, 1.165) is 12.1 Å². The Labute approximate surface area is 112 Å². The Kier molecular flexibility index (Phi) is 3.74. The number of primary amides is 1. The predicted octanol–water partition coefficient (Wildman–Crippen LogP) is 1.47. The van der Waals surface area contributed by atoms with E-state index in [1.54, 1.807) is 24.3 Å². The summed E-state index contributed by atoms with van der Waals surface area (Å²) < 4.78 is 0. The number of hydrogen-bond donors (Lipinski definition) is 2. The maximum absolute atomic E-state index is 11.3. The van der Waals surface area contributed by atoms with E-state index in [-0.39, 0.29) is 0 Å². The molecule has 0 aliphatic carbocycles. The number of carbonyl (C=O) groups is 2. The van der Waals surface area contributed by atoms with Gasteiger partial charge in [-0.05, 0) is 43.0 Å². The molecule has 0 bridgehead atoms. The maximum Gasteiger partial charge on any atom is 0.326 e. The molecule has 1 aromatic rings. The van der Waals surface area contributed by atoms with E-state index in [2.05, 4.69) is 6.92 Å². The zero-order valence-corrected chi connectivity index (χ0v) is 10.9. The van der Waals surface area contributed by atoms with Crippen molar-refractivity contribution in [2.24, 2.45) is 11.7 Å². The molecule has 1 fully saturated rings. The number of piperidine rings is 1. The van der Waals surface area contributed by atoms with Crippen LogP contribution in [-0.4, -0.2) is 29.6 Å². The number of benzene rings is 1. The molecule has 0 radical (unpaired) electrons. The first-order chi connectivity index (χ1) is 8.99. The van der Waals surface area contributed by atoms with Gasteiger partial charge in [0.1, 0.15) is 6.04 Å². The molecule has 19 heavy (non-hydrogen) atoms. The van der Waals surface area contributed by atoms with Crippen LogP contribution in [0.1, 0.15) is 30.1 Å². The SMILES string of the molecule is CC1CCN(c2ccc(C(N)=O)cc2)C(C(=O)O)C1. The molecular weight excluding hydrogens is 244 g/mol. The van der Waals surface area contributed by atoms with Crippen molar-refractivity contribution >= 4 is 17.6 Å². The Morgan fingerprint density at radius 1 is 1.32 bits per heavy atom. The van der Waals surface area contributed by atoms with Gasteiger partial charge in [0.2, 0.25) is 5.91 Å². The molecule has 1 aliphatic rings. The summed E-state index contributed by atoms with van der Waals surface area (Å²) in [5, 5.41) is 9.31. The Hall–Kier alpha value is -2.04. The summed E-state index contributed by atoms with van der Waals surface area (Å²) in [5.74, 6) is -0.860. The Balaban J connectivity index is 2.23. The first-order valence-corrected chi connectivity index (χ1v) is 6.38. The average molecular weight is 262 g/mol. The van der Waals surface area contributed by atoms with Gasteiger partial charge in [-0.3, -0.25) is 4.79 Å². The normalized spacial score (nSPS) is 23.1. The highest BCUT2D eigenvalue weighted by Gasteiger charge is 2.31. The van der Waals surface area contributed by atoms with E-state index in [1.807, 2.05) is 4.90 Å². The summed E-state index contributed by atoms with van der Waals surface area (Å²) in [5.41, 5.74) is 6.44. The Bertz CT molecular complexity index is 484.